The summed E-state index contributed by atoms with van der Waals surface area (Å²) in [5.41, 5.74) is 5.37. The summed E-state index contributed by atoms with van der Waals surface area (Å²) in [6, 6.07) is 19.4. The lowest BCUT2D eigenvalue weighted by Gasteiger charge is -2.05. The predicted octanol–water partition coefficient (Wildman–Crippen LogP) is 3.59. The van der Waals surface area contributed by atoms with Crippen molar-refractivity contribution in [1.29, 1.82) is 0 Å². The van der Waals surface area contributed by atoms with Gasteiger partial charge in [0.1, 0.15) is 0 Å². The second-order valence-electron chi connectivity index (χ2n) is 6.20. The van der Waals surface area contributed by atoms with Crippen LogP contribution in [0, 0.1) is 0 Å². The number of rotatable bonds is 4. The van der Waals surface area contributed by atoms with Crippen molar-refractivity contribution in [3.05, 3.63) is 66.5 Å². The van der Waals surface area contributed by atoms with E-state index in [0.29, 0.717) is 5.82 Å². The molecule has 0 atom stereocenters. The third kappa shape index (κ3) is 3.39. The van der Waals surface area contributed by atoms with Gasteiger partial charge < -0.3 is 0 Å². The van der Waals surface area contributed by atoms with Crippen LogP contribution in [-0.4, -0.2) is 26.4 Å². The first-order chi connectivity index (χ1) is 12.8. The normalized spacial score (nSPS) is 13.6. The van der Waals surface area contributed by atoms with E-state index in [1.165, 1.54) is 0 Å². The van der Waals surface area contributed by atoms with Gasteiger partial charge in [-0.2, -0.15) is 5.10 Å². The van der Waals surface area contributed by atoms with Gasteiger partial charge in [0.25, 0.3) is 0 Å². The average molecular weight is 345 g/mol. The average Bonchev–Trinajstić information content (AvgIpc) is 3.37. The lowest BCUT2D eigenvalue weighted by atomic mass is 10.2. The zero-order chi connectivity index (χ0) is 17.8. The van der Waals surface area contributed by atoms with Crippen LogP contribution in [0.3, 0.4) is 0 Å². The molecule has 4 rings (SSSR count). The fourth-order valence-corrected chi connectivity index (χ4v) is 3.01. The number of carbonyl (C=O) groups excluding carboxylic acids is 1. The fraction of sp³-hybridized carbons (Fsp3) is 0.200. The van der Waals surface area contributed by atoms with E-state index in [1.54, 1.807) is 4.68 Å². The summed E-state index contributed by atoms with van der Waals surface area (Å²) in [5.74, 6) is 0.335. The molecule has 1 N–H and O–H groups in total. The molecule has 0 radical (unpaired) electrons. The minimum atomic E-state index is -0.392. The highest BCUT2D eigenvalue weighted by molar-refractivity contribution is 5.93. The number of benzene rings is 2. The highest BCUT2D eigenvalue weighted by Crippen LogP contribution is 2.21. The van der Waals surface area contributed by atoms with Crippen LogP contribution >= 0.6 is 0 Å². The van der Waals surface area contributed by atoms with Crippen molar-refractivity contribution in [2.24, 2.45) is 5.10 Å². The molecule has 0 spiro atoms. The molecule has 2 aromatic carbocycles. The van der Waals surface area contributed by atoms with E-state index < -0.39 is 5.91 Å². The number of hydrazone groups is 1. The number of amides is 1. The van der Waals surface area contributed by atoms with Gasteiger partial charge in [-0.05, 0) is 37.8 Å². The van der Waals surface area contributed by atoms with Crippen LogP contribution in [0.1, 0.15) is 36.3 Å². The predicted molar refractivity (Wildman–Crippen MR) is 100 cm³/mol. The Morgan fingerprint density at radius 2 is 1.62 bits per heavy atom. The van der Waals surface area contributed by atoms with Crippen molar-refractivity contribution >= 4 is 11.6 Å². The van der Waals surface area contributed by atoms with E-state index >= 15 is 0 Å². The minimum Gasteiger partial charge on any atom is -0.264 e. The molecule has 1 fully saturated rings. The Balaban J connectivity index is 1.69. The molecule has 1 heterocycles. The van der Waals surface area contributed by atoms with Crippen LogP contribution in [-0.2, 0) is 0 Å². The zero-order valence-electron chi connectivity index (χ0n) is 14.3. The van der Waals surface area contributed by atoms with Crippen molar-refractivity contribution in [1.82, 2.24) is 20.2 Å². The molecular formula is C20H19N5O. The molecule has 26 heavy (non-hydrogen) atoms. The number of aromatic nitrogens is 3. The molecule has 1 aliphatic carbocycles. The standard InChI is InChI=1S/C20H19N5O/c26-20(23-22-16-11-7-8-12-16)18-21-19(15-9-3-1-4-10-15)25(24-18)17-13-5-2-6-14-17/h1-6,9-10,13-14H,7-8,11-12H2,(H,23,26). The van der Waals surface area contributed by atoms with E-state index in [4.69, 9.17) is 0 Å². The van der Waals surface area contributed by atoms with Crippen LogP contribution in [0.5, 0.6) is 0 Å². The van der Waals surface area contributed by atoms with Gasteiger partial charge in [0.15, 0.2) is 5.82 Å². The van der Waals surface area contributed by atoms with Crippen LogP contribution < -0.4 is 5.43 Å². The molecule has 1 aliphatic rings. The summed E-state index contributed by atoms with van der Waals surface area (Å²) >= 11 is 0. The Hall–Kier alpha value is -3.28. The maximum Gasteiger partial charge on any atom is 0.311 e. The first kappa shape index (κ1) is 16.2. The van der Waals surface area contributed by atoms with E-state index in [-0.39, 0.29) is 5.82 Å². The first-order valence-corrected chi connectivity index (χ1v) is 8.75. The zero-order valence-corrected chi connectivity index (χ0v) is 14.3. The Morgan fingerprint density at radius 1 is 0.962 bits per heavy atom. The van der Waals surface area contributed by atoms with Gasteiger partial charge in [-0.15, -0.1) is 5.10 Å². The largest absolute Gasteiger partial charge is 0.311 e. The molecule has 3 aromatic rings. The van der Waals surface area contributed by atoms with Crippen LogP contribution in [0.25, 0.3) is 17.1 Å². The lowest BCUT2D eigenvalue weighted by Crippen LogP contribution is -2.20. The van der Waals surface area contributed by atoms with Crippen LogP contribution in [0.4, 0.5) is 0 Å². The quantitative estimate of drug-likeness (QED) is 0.735. The Labute approximate surface area is 151 Å². The Bertz CT molecular complexity index is 866. The van der Waals surface area contributed by atoms with Gasteiger partial charge in [0.05, 0.1) is 5.69 Å². The van der Waals surface area contributed by atoms with Crippen molar-refractivity contribution in [3.63, 3.8) is 0 Å². The van der Waals surface area contributed by atoms with Crippen LogP contribution in [0.15, 0.2) is 65.8 Å². The van der Waals surface area contributed by atoms with Gasteiger partial charge in [0, 0.05) is 11.3 Å². The maximum absolute atomic E-state index is 12.5. The van der Waals surface area contributed by atoms with Gasteiger partial charge in [-0.1, -0.05) is 48.5 Å². The third-order valence-corrected chi connectivity index (χ3v) is 4.34. The molecule has 6 nitrogen and oxygen atoms in total. The van der Waals surface area contributed by atoms with Crippen LogP contribution in [0.2, 0.25) is 0 Å². The topological polar surface area (TPSA) is 72.2 Å². The van der Waals surface area contributed by atoms with Crippen molar-refractivity contribution in [2.45, 2.75) is 25.7 Å². The molecule has 1 saturated carbocycles. The number of nitrogens with one attached hydrogen (secondary N) is 1. The highest BCUT2D eigenvalue weighted by atomic mass is 16.2. The fourth-order valence-electron chi connectivity index (χ4n) is 3.01. The first-order valence-electron chi connectivity index (χ1n) is 8.75. The second-order valence-corrected chi connectivity index (χ2v) is 6.20. The smallest absolute Gasteiger partial charge is 0.264 e. The van der Waals surface area contributed by atoms with Gasteiger partial charge in [0.2, 0.25) is 5.82 Å². The van der Waals surface area contributed by atoms with E-state index in [2.05, 4.69) is 20.6 Å². The van der Waals surface area contributed by atoms with Crippen molar-refractivity contribution in [3.8, 4) is 17.1 Å². The molecule has 0 unspecified atom stereocenters. The maximum atomic E-state index is 12.5. The number of hydrogen-bond acceptors (Lipinski definition) is 4. The van der Waals surface area contributed by atoms with Gasteiger partial charge >= 0.3 is 5.91 Å². The Morgan fingerprint density at radius 3 is 2.31 bits per heavy atom. The van der Waals surface area contributed by atoms with Crippen molar-refractivity contribution in [2.75, 3.05) is 0 Å². The number of hydrogen-bond donors (Lipinski definition) is 1. The molecule has 0 aliphatic heterocycles. The van der Waals surface area contributed by atoms with E-state index in [9.17, 15) is 4.79 Å². The summed E-state index contributed by atoms with van der Waals surface area (Å²) in [6.45, 7) is 0. The molecular weight excluding hydrogens is 326 g/mol. The van der Waals surface area contributed by atoms with Gasteiger partial charge in [-0.3, -0.25) is 4.79 Å². The Kier molecular flexibility index (Phi) is 4.55. The monoisotopic (exact) mass is 345 g/mol. The summed E-state index contributed by atoms with van der Waals surface area (Å²) in [7, 11) is 0. The summed E-state index contributed by atoms with van der Waals surface area (Å²) in [6.07, 6.45) is 4.16. The molecule has 130 valence electrons. The molecule has 6 heteroatoms. The second kappa shape index (κ2) is 7.31. The van der Waals surface area contributed by atoms with E-state index in [0.717, 1.165) is 42.6 Å². The third-order valence-electron chi connectivity index (χ3n) is 4.34. The van der Waals surface area contributed by atoms with E-state index in [1.807, 2.05) is 60.7 Å². The molecule has 1 aromatic heterocycles. The summed E-state index contributed by atoms with van der Waals surface area (Å²) in [5, 5.41) is 8.64. The number of nitrogens with zero attached hydrogens (tertiary/aromatic N) is 4. The molecule has 0 bridgehead atoms. The SMILES string of the molecule is O=C(NN=C1CCCC1)c1nc(-c2ccccc2)n(-c2ccccc2)n1. The summed E-state index contributed by atoms with van der Waals surface area (Å²) in [4.78, 5) is 16.9. The number of carbonyl (C=O) groups is 1. The number of para-hydroxylation sites is 1. The molecule has 1 amide bonds. The molecule has 0 saturated heterocycles. The minimum absolute atomic E-state index is 0.107. The summed E-state index contributed by atoms with van der Waals surface area (Å²) < 4.78 is 1.69. The lowest BCUT2D eigenvalue weighted by molar-refractivity contribution is 0.0944. The highest BCUT2D eigenvalue weighted by Gasteiger charge is 2.19. The van der Waals surface area contributed by atoms with Gasteiger partial charge in [-0.25, -0.2) is 15.1 Å². The van der Waals surface area contributed by atoms with Crippen molar-refractivity contribution < 1.29 is 4.79 Å².